The lowest BCUT2D eigenvalue weighted by Gasteiger charge is -2.06. The van der Waals surface area contributed by atoms with Crippen molar-refractivity contribution in [3.63, 3.8) is 0 Å². The van der Waals surface area contributed by atoms with Crippen molar-refractivity contribution < 1.29 is 0 Å². The van der Waals surface area contributed by atoms with Crippen LogP contribution in [0.1, 0.15) is 32.9 Å². The molecule has 0 bridgehead atoms. The molecule has 0 saturated carbocycles. The summed E-state index contributed by atoms with van der Waals surface area (Å²) in [6, 6.07) is 0. The Balaban J connectivity index is 2.65. The smallest absolute Gasteiger partial charge is 0.169 e. The second-order valence-corrected chi connectivity index (χ2v) is 3.68. The Labute approximate surface area is 79.1 Å². The van der Waals surface area contributed by atoms with Crippen LogP contribution < -0.4 is 5.73 Å². The van der Waals surface area contributed by atoms with Crippen molar-refractivity contribution >= 4 is 5.82 Å². The number of nitrogens with two attached hydrogens (primary N) is 1. The Morgan fingerprint density at radius 2 is 2.15 bits per heavy atom. The highest BCUT2D eigenvalue weighted by atomic mass is 15.4. The van der Waals surface area contributed by atoms with Gasteiger partial charge >= 0.3 is 0 Å². The first kappa shape index (κ1) is 10.0. The Morgan fingerprint density at radius 3 is 2.69 bits per heavy atom. The fourth-order valence-corrected chi connectivity index (χ4v) is 1.27. The van der Waals surface area contributed by atoms with Crippen LogP contribution in [-0.2, 0) is 13.0 Å². The second-order valence-electron chi connectivity index (χ2n) is 3.68. The van der Waals surface area contributed by atoms with E-state index in [-0.39, 0.29) is 0 Å². The molecule has 0 aliphatic heterocycles. The molecule has 0 spiro atoms. The number of aromatic nitrogens is 3. The average Bonchev–Trinajstić information content (AvgIpc) is 2.42. The van der Waals surface area contributed by atoms with E-state index in [0.717, 1.165) is 25.1 Å². The number of hydrogen-bond acceptors (Lipinski definition) is 3. The summed E-state index contributed by atoms with van der Waals surface area (Å²) in [6.07, 6.45) is 2.02. The summed E-state index contributed by atoms with van der Waals surface area (Å²) in [4.78, 5) is 0. The van der Waals surface area contributed by atoms with E-state index >= 15 is 0 Å². The van der Waals surface area contributed by atoms with Gasteiger partial charge in [-0.2, -0.15) is 0 Å². The summed E-state index contributed by atoms with van der Waals surface area (Å²) in [7, 11) is 0. The van der Waals surface area contributed by atoms with E-state index in [1.807, 2.05) is 4.68 Å². The molecule has 0 fully saturated rings. The number of aryl methyl sites for hydroxylation is 1. The van der Waals surface area contributed by atoms with E-state index in [1.165, 1.54) is 0 Å². The van der Waals surface area contributed by atoms with Crippen LogP contribution in [0.3, 0.4) is 0 Å². The van der Waals surface area contributed by atoms with Crippen LogP contribution in [0.4, 0.5) is 5.82 Å². The molecule has 4 nitrogen and oxygen atoms in total. The van der Waals surface area contributed by atoms with Gasteiger partial charge in [0.2, 0.25) is 0 Å². The van der Waals surface area contributed by atoms with Crippen molar-refractivity contribution in [3.05, 3.63) is 5.69 Å². The number of hydrogen-bond donors (Lipinski definition) is 1. The Hall–Kier alpha value is -1.06. The summed E-state index contributed by atoms with van der Waals surface area (Å²) < 4.78 is 1.91. The monoisotopic (exact) mass is 182 g/mol. The van der Waals surface area contributed by atoms with Crippen molar-refractivity contribution in [1.29, 1.82) is 0 Å². The molecule has 74 valence electrons. The van der Waals surface area contributed by atoms with Gasteiger partial charge < -0.3 is 5.73 Å². The molecule has 0 aromatic carbocycles. The van der Waals surface area contributed by atoms with Crippen molar-refractivity contribution in [1.82, 2.24) is 15.0 Å². The third-order valence-electron chi connectivity index (χ3n) is 2.12. The predicted octanol–water partition coefficient (Wildman–Crippen LogP) is 1.47. The topological polar surface area (TPSA) is 56.7 Å². The Bertz CT molecular complexity index is 265. The van der Waals surface area contributed by atoms with Crippen LogP contribution in [0.25, 0.3) is 0 Å². The number of nitrogen functional groups attached to an aromatic ring is 1. The standard InChI is InChI=1S/C9H18N4/c1-4-8-9(10)11-12-13(8)6-5-7(2)3/h7H,4-6,10H2,1-3H3. The fraction of sp³-hybridized carbons (Fsp3) is 0.778. The molecule has 0 aliphatic rings. The number of rotatable bonds is 4. The van der Waals surface area contributed by atoms with E-state index in [4.69, 9.17) is 5.73 Å². The lowest BCUT2D eigenvalue weighted by Crippen LogP contribution is -2.07. The van der Waals surface area contributed by atoms with Crippen molar-refractivity contribution in [2.45, 2.75) is 40.2 Å². The quantitative estimate of drug-likeness (QED) is 0.767. The highest BCUT2D eigenvalue weighted by Gasteiger charge is 2.07. The van der Waals surface area contributed by atoms with Gasteiger partial charge in [-0.3, -0.25) is 0 Å². The number of anilines is 1. The van der Waals surface area contributed by atoms with E-state index < -0.39 is 0 Å². The molecule has 13 heavy (non-hydrogen) atoms. The molecule has 1 aromatic rings. The minimum Gasteiger partial charge on any atom is -0.381 e. The van der Waals surface area contributed by atoms with Gasteiger partial charge in [0.1, 0.15) is 0 Å². The van der Waals surface area contributed by atoms with Crippen LogP contribution in [0, 0.1) is 5.92 Å². The molecule has 0 atom stereocenters. The molecule has 4 heteroatoms. The van der Waals surface area contributed by atoms with E-state index in [0.29, 0.717) is 11.7 Å². The first-order valence-electron chi connectivity index (χ1n) is 4.83. The van der Waals surface area contributed by atoms with Gasteiger partial charge in [0.25, 0.3) is 0 Å². The van der Waals surface area contributed by atoms with E-state index in [1.54, 1.807) is 0 Å². The van der Waals surface area contributed by atoms with Crippen LogP contribution in [0.15, 0.2) is 0 Å². The third-order valence-corrected chi connectivity index (χ3v) is 2.12. The maximum Gasteiger partial charge on any atom is 0.169 e. The summed E-state index contributed by atoms with van der Waals surface area (Å²) in [5.74, 6) is 1.27. The van der Waals surface area contributed by atoms with Gasteiger partial charge in [0.15, 0.2) is 5.82 Å². The Kier molecular flexibility index (Phi) is 3.28. The zero-order valence-corrected chi connectivity index (χ0v) is 8.62. The molecule has 0 unspecified atom stereocenters. The molecular formula is C9H18N4. The first-order valence-corrected chi connectivity index (χ1v) is 4.83. The largest absolute Gasteiger partial charge is 0.381 e. The SMILES string of the molecule is CCc1c(N)nnn1CCC(C)C. The van der Waals surface area contributed by atoms with E-state index in [2.05, 4.69) is 31.1 Å². The summed E-state index contributed by atoms with van der Waals surface area (Å²) in [5.41, 5.74) is 6.72. The second kappa shape index (κ2) is 4.25. The highest BCUT2D eigenvalue weighted by molar-refractivity contribution is 5.32. The third kappa shape index (κ3) is 2.44. The van der Waals surface area contributed by atoms with Gasteiger partial charge in [0, 0.05) is 6.54 Å². The molecule has 1 heterocycles. The van der Waals surface area contributed by atoms with Crippen molar-refractivity contribution in [2.75, 3.05) is 5.73 Å². The van der Waals surface area contributed by atoms with Crippen molar-refractivity contribution in [3.8, 4) is 0 Å². The normalized spacial score (nSPS) is 11.1. The molecule has 1 rings (SSSR count). The minimum atomic E-state index is 0.575. The molecule has 1 aromatic heterocycles. The zero-order chi connectivity index (χ0) is 9.84. The lowest BCUT2D eigenvalue weighted by molar-refractivity contribution is 0.468. The summed E-state index contributed by atoms with van der Waals surface area (Å²) in [5, 5.41) is 7.86. The molecule has 0 aliphatic carbocycles. The van der Waals surface area contributed by atoms with Gasteiger partial charge in [-0.05, 0) is 18.8 Å². The summed E-state index contributed by atoms with van der Waals surface area (Å²) >= 11 is 0. The number of nitrogens with zero attached hydrogens (tertiary/aromatic N) is 3. The average molecular weight is 182 g/mol. The molecular weight excluding hydrogens is 164 g/mol. The first-order chi connectivity index (χ1) is 6.15. The van der Waals surface area contributed by atoms with Crippen LogP contribution in [0.2, 0.25) is 0 Å². The van der Waals surface area contributed by atoms with Gasteiger partial charge in [-0.1, -0.05) is 26.0 Å². The van der Waals surface area contributed by atoms with Crippen LogP contribution >= 0.6 is 0 Å². The molecule has 0 saturated heterocycles. The Morgan fingerprint density at radius 1 is 1.46 bits per heavy atom. The predicted molar refractivity (Wildman–Crippen MR) is 53.3 cm³/mol. The van der Waals surface area contributed by atoms with Gasteiger partial charge in [-0.25, -0.2) is 4.68 Å². The van der Waals surface area contributed by atoms with Crippen LogP contribution in [0.5, 0.6) is 0 Å². The maximum atomic E-state index is 5.66. The molecule has 2 N–H and O–H groups in total. The lowest BCUT2D eigenvalue weighted by atomic mass is 10.1. The van der Waals surface area contributed by atoms with Crippen LogP contribution in [-0.4, -0.2) is 15.0 Å². The minimum absolute atomic E-state index is 0.575. The van der Waals surface area contributed by atoms with Gasteiger partial charge in [-0.15, -0.1) is 5.10 Å². The maximum absolute atomic E-state index is 5.66. The van der Waals surface area contributed by atoms with Gasteiger partial charge in [0.05, 0.1) is 5.69 Å². The molecule has 0 radical (unpaired) electrons. The highest BCUT2D eigenvalue weighted by Crippen LogP contribution is 2.10. The molecule has 0 amide bonds. The van der Waals surface area contributed by atoms with Crippen molar-refractivity contribution in [2.24, 2.45) is 5.92 Å². The van der Waals surface area contributed by atoms with E-state index in [9.17, 15) is 0 Å². The fourth-order valence-electron chi connectivity index (χ4n) is 1.27. The summed E-state index contributed by atoms with van der Waals surface area (Å²) in [6.45, 7) is 7.39. The zero-order valence-electron chi connectivity index (χ0n) is 8.62.